The molecular formula is C24H26ClNO3. The van der Waals surface area contributed by atoms with Crippen LogP contribution in [0, 0.1) is 0 Å². The van der Waals surface area contributed by atoms with Crippen molar-refractivity contribution in [1.29, 1.82) is 0 Å². The van der Waals surface area contributed by atoms with E-state index in [0.717, 1.165) is 16.7 Å². The van der Waals surface area contributed by atoms with Crippen molar-refractivity contribution in [3.8, 4) is 11.5 Å². The molecule has 0 amide bonds. The van der Waals surface area contributed by atoms with Crippen molar-refractivity contribution in [1.82, 2.24) is 5.32 Å². The zero-order valence-electron chi connectivity index (χ0n) is 16.5. The van der Waals surface area contributed by atoms with Crippen LogP contribution in [0.5, 0.6) is 11.5 Å². The van der Waals surface area contributed by atoms with Gasteiger partial charge >= 0.3 is 0 Å². The van der Waals surface area contributed by atoms with Crippen molar-refractivity contribution < 1.29 is 14.6 Å². The van der Waals surface area contributed by atoms with Gasteiger partial charge in [0.05, 0.1) is 12.7 Å². The number of aliphatic hydroxyl groups is 1. The van der Waals surface area contributed by atoms with E-state index in [1.807, 2.05) is 79.7 Å². The van der Waals surface area contributed by atoms with Gasteiger partial charge in [0.1, 0.15) is 6.61 Å². The standard InChI is InChI=1S/C24H26ClNO3/c1-2-28-24-14-19(15-26-16-22(27)20-6-4-3-5-7-20)10-13-23(24)29-17-18-8-11-21(25)12-9-18/h3-14,22,26-27H,2,15-17H2,1H3/t22-/m0/s1. The average Bonchev–Trinajstić information content (AvgIpc) is 2.75. The lowest BCUT2D eigenvalue weighted by molar-refractivity contribution is 0.174. The number of nitrogens with one attached hydrogen (secondary N) is 1. The van der Waals surface area contributed by atoms with Crippen molar-refractivity contribution in [3.05, 3.63) is 94.5 Å². The number of halogens is 1. The minimum atomic E-state index is -0.537. The normalized spacial score (nSPS) is 11.8. The van der Waals surface area contributed by atoms with Gasteiger partial charge < -0.3 is 19.9 Å². The largest absolute Gasteiger partial charge is 0.490 e. The third-order valence-electron chi connectivity index (χ3n) is 4.47. The van der Waals surface area contributed by atoms with E-state index in [0.29, 0.717) is 42.8 Å². The first-order valence-corrected chi connectivity index (χ1v) is 10.1. The Kier molecular flexibility index (Phi) is 7.94. The van der Waals surface area contributed by atoms with Crippen molar-refractivity contribution in [3.63, 3.8) is 0 Å². The maximum absolute atomic E-state index is 10.3. The molecule has 0 saturated carbocycles. The van der Waals surface area contributed by atoms with Crippen LogP contribution >= 0.6 is 11.6 Å². The van der Waals surface area contributed by atoms with Crippen LogP contribution in [-0.4, -0.2) is 18.3 Å². The van der Waals surface area contributed by atoms with Gasteiger partial charge in [-0.15, -0.1) is 0 Å². The molecule has 0 radical (unpaired) electrons. The summed E-state index contributed by atoms with van der Waals surface area (Å²) in [6.45, 7) is 4.05. The van der Waals surface area contributed by atoms with Crippen LogP contribution in [0.25, 0.3) is 0 Å². The highest BCUT2D eigenvalue weighted by Crippen LogP contribution is 2.29. The minimum absolute atomic E-state index is 0.443. The fourth-order valence-electron chi connectivity index (χ4n) is 2.94. The molecule has 5 heteroatoms. The van der Waals surface area contributed by atoms with Crippen LogP contribution in [-0.2, 0) is 13.2 Å². The first-order valence-electron chi connectivity index (χ1n) is 9.72. The monoisotopic (exact) mass is 411 g/mol. The quantitative estimate of drug-likeness (QED) is 0.485. The van der Waals surface area contributed by atoms with Crippen LogP contribution in [0.1, 0.15) is 29.7 Å². The SMILES string of the molecule is CCOc1cc(CNC[C@H](O)c2ccccc2)ccc1OCc1ccc(Cl)cc1. The third kappa shape index (κ3) is 6.50. The molecule has 0 fully saturated rings. The van der Waals surface area contributed by atoms with E-state index in [9.17, 15) is 5.11 Å². The van der Waals surface area contributed by atoms with Crippen LogP contribution in [0.3, 0.4) is 0 Å². The summed E-state index contributed by atoms with van der Waals surface area (Å²) in [6, 6.07) is 23.1. The number of hydrogen-bond donors (Lipinski definition) is 2. The zero-order chi connectivity index (χ0) is 20.5. The van der Waals surface area contributed by atoms with Crippen LogP contribution in [0.15, 0.2) is 72.8 Å². The van der Waals surface area contributed by atoms with Crippen LogP contribution in [0.4, 0.5) is 0 Å². The molecule has 4 nitrogen and oxygen atoms in total. The number of ether oxygens (including phenoxy) is 2. The Morgan fingerprint density at radius 2 is 1.62 bits per heavy atom. The maximum atomic E-state index is 10.3. The molecule has 3 aromatic rings. The van der Waals surface area contributed by atoms with E-state index in [2.05, 4.69) is 5.32 Å². The fourth-order valence-corrected chi connectivity index (χ4v) is 3.06. The van der Waals surface area contributed by atoms with Gasteiger partial charge in [0, 0.05) is 18.1 Å². The maximum Gasteiger partial charge on any atom is 0.161 e. The van der Waals surface area contributed by atoms with E-state index < -0.39 is 6.10 Å². The zero-order valence-corrected chi connectivity index (χ0v) is 17.2. The summed E-state index contributed by atoms with van der Waals surface area (Å²) < 4.78 is 11.7. The predicted octanol–water partition coefficient (Wildman–Crippen LogP) is 5.14. The van der Waals surface area contributed by atoms with Crippen molar-refractivity contribution in [2.45, 2.75) is 26.2 Å². The van der Waals surface area contributed by atoms with Crippen LogP contribution in [0.2, 0.25) is 5.02 Å². The molecule has 2 N–H and O–H groups in total. The van der Waals surface area contributed by atoms with Gasteiger partial charge in [-0.05, 0) is 47.9 Å². The molecule has 0 bridgehead atoms. The van der Waals surface area contributed by atoms with Gasteiger partial charge in [-0.1, -0.05) is 60.1 Å². The molecule has 0 aliphatic carbocycles. The second kappa shape index (κ2) is 10.9. The van der Waals surface area contributed by atoms with Crippen molar-refractivity contribution in [2.24, 2.45) is 0 Å². The molecule has 0 saturated heterocycles. The fraction of sp³-hybridized carbons (Fsp3) is 0.250. The lowest BCUT2D eigenvalue weighted by Crippen LogP contribution is -2.21. The Morgan fingerprint density at radius 3 is 2.34 bits per heavy atom. The summed E-state index contributed by atoms with van der Waals surface area (Å²) in [5.41, 5.74) is 3.01. The highest BCUT2D eigenvalue weighted by molar-refractivity contribution is 6.30. The molecule has 29 heavy (non-hydrogen) atoms. The first kappa shape index (κ1) is 21.2. The summed E-state index contributed by atoms with van der Waals surface area (Å²) in [6.07, 6.45) is -0.537. The summed E-state index contributed by atoms with van der Waals surface area (Å²) in [5.74, 6) is 1.42. The van der Waals surface area contributed by atoms with Gasteiger partial charge in [0.25, 0.3) is 0 Å². The number of hydrogen-bond acceptors (Lipinski definition) is 4. The molecular weight excluding hydrogens is 386 g/mol. The molecule has 0 aromatic heterocycles. The van der Waals surface area contributed by atoms with Gasteiger partial charge in [-0.3, -0.25) is 0 Å². The number of rotatable bonds is 10. The molecule has 0 aliphatic rings. The van der Waals surface area contributed by atoms with E-state index in [1.54, 1.807) is 0 Å². The Labute approximate surface area is 177 Å². The molecule has 152 valence electrons. The molecule has 0 spiro atoms. The van der Waals surface area contributed by atoms with Gasteiger partial charge in [-0.25, -0.2) is 0 Å². The summed E-state index contributed by atoms with van der Waals surface area (Å²) in [7, 11) is 0. The second-order valence-electron chi connectivity index (χ2n) is 6.69. The van der Waals surface area contributed by atoms with Gasteiger partial charge in [0.2, 0.25) is 0 Å². The minimum Gasteiger partial charge on any atom is -0.490 e. The van der Waals surface area contributed by atoms with Crippen LogP contribution < -0.4 is 14.8 Å². The molecule has 3 aromatic carbocycles. The van der Waals surface area contributed by atoms with E-state index in [4.69, 9.17) is 21.1 Å². The molecule has 0 heterocycles. The topological polar surface area (TPSA) is 50.7 Å². The van der Waals surface area contributed by atoms with Gasteiger partial charge in [-0.2, -0.15) is 0 Å². The lowest BCUT2D eigenvalue weighted by Gasteiger charge is -2.15. The number of aliphatic hydroxyl groups excluding tert-OH is 1. The first-order chi connectivity index (χ1) is 14.2. The summed E-state index contributed by atoms with van der Waals surface area (Å²) in [4.78, 5) is 0. The molecule has 0 unspecified atom stereocenters. The summed E-state index contributed by atoms with van der Waals surface area (Å²) >= 11 is 5.93. The highest BCUT2D eigenvalue weighted by atomic mass is 35.5. The summed E-state index contributed by atoms with van der Waals surface area (Å²) in [5, 5.41) is 14.3. The van der Waals surface area contributed by atoms with E-state index in [-0.39, 0.29) is 0 Å². The highest BCUT2D eigenvalue weighted by Gasteiger charge is 2.09. The van der Waals surface area contributed by atoms with Crippen molar-refractivity contribution in [2.75, 3.05) is 13.2 Å². The Morgan fingerprint density at radius 1 is 0.897 bits per heavy atom. The van der Waals surface area contributed by atoms with Crippen molar-refractivity contribution >= 4 is 11.6 Å². The Hall–Kier alpha value is -2.53. The van der Waals surface area contributed by atoms with E-state index in [1.165, 1.54) is 0 Å². The third-order valence-corrected chi connectivity index (χ3v) is 4.72. The molecule has 3 rings (SSSR count). The smallest absolute Gasteiger partial charge is 0.161 e. The predicted molar refractivity (Wildman–Crippen MR) is 117 cm³/mol. The molecule has 1 atom stereocenters. The Balaban J connectivity index is 1.57. The lowest BCUT2D eigenvalue weighted by atomic mass is 10.1. The Bertz CT molecular complexity index is 884. The van der Waals surface area contributed by atoms with E-state index >= 15 is 0 Å². The van der Waals surface area contributed by atoms with Gasteiger partial charge in [0.15, 0.2) is 11.5 Å². The average molecular weight is 412 g/mol. The second-order valence-corrected chi connectivity index (χ2v) is 7.12. The molecule has 0 aliphatic heterocycles. The number of benzene rings is 3.